The summed E-state index contributed by atoms with van der Waals surface area (Å²) >= 11 is 0. The summed E-state index contributed by atoms with van der Waals surface area (Å²) in [5.41, 5.74) is 3.95. The summed E-state index contributed by atoms with van der Waals surface area (Å²) in [5.74, 6) is 2.16. The standard InChI is InChI=1S/C27H41NO2.ClH/c1-19(2)17-23-13-12-16-26(25(23)18-20(3)4)30-22(6)29-21(5)28-27(7,8)24-14-10-9-11-15-24;/h9-16,19-22,28H,17-18H2,1-8H3;1H. The van der Waals surface area contributed by atoms with Gasteiger partial charge in [0.1, 0.15) is 11.3 Å². The molecule has 0 saturated heterocycles. The third-order valence-corrected chi connectivity index (χ3v) is 5.34. The van der Waals surface area contributed by atoms with Gasteiger partial charge in [-0.1, -0.05) is 70.2 Å². The van der Waals surface area contributed by atoms with Crippen LogP contribution in [0.3, 0.4) is 0 Å². The second kappa shape index (κ2) is 12.5. The first kappa shape index (κ1) is 27.5. The molecule has 31 heavy (non-hydrogen) atoms. The monoisotopic (exact) mass is 447 g/mol. The maximum Gasteiger partial charge on any atom is 0.202 e. The Hall–Kier alpha value is -1.55. The molecule has 2 N–H and O–H groups in total. The van der Waals surface area contributed by atoms with E-state index >= 15 is 0 Å². The Kier molecular flexibility index (Phi) is 11.1. The maximum absolute atomic E-state index is 6.32. The summed E-state index contributed by atoms with van der Waals surface area (Å²) in [7, 11) is 0. The molecule has 0 amide bonds. The van der Waals surface area contributed by atoms with Crippen molar-refractivity contribution in [2.75, 3.05) is 0 Å². The minimum Gasteiger partial charge on any atom is -1.00 e. The Morgan fingerprint density at radius 3 is 2.00 bits per heavy atom. The quantitative estimate of drug-likeness (QED) is 0.537. The molecule has 0 aromatic heterocycles. The fourth-order valence-electron chi connectivity index (χ4n) is 4.09. The normalized spacial score (nSPS) is 13.7. The molecule has 0 aliphatic rings. The summed E-state index contributed by atoms with van der Waals surface area (Å²) in [4.78, 5) is 0. The molecule has 3 nitrogen and oxygen atoms in total. The molecule has 2 aromatic carbocycles. The van der Waals surface area contributed by atoms with E-state index in [1.807, 2.05) is 6.92 Å². The van der Waals surface area contributed by atoms with Crippen LogP contribution in [0.1, 0.15) is 72.1 Å². The molecule has 0 heterocycles. The number of ether oxygens (including phenoxy) is 2. The van der Waals surface area contributed by atoms with Gasteiger partial charge in [-0.05, 0) is 62.6 Å². The average molecular weight is 448 g/mol. The summed E-state index contributed by atoms with van der Waals surface area (Å²) < 4.78 is 12.5. The third kappa shape index (κ3) is 8.84. The number of halogens is 1. The van der Waals surface area contributed by atoms with E-state index in [0.717, 1.165) is 18.6 Å². The predicted octanol–water partition coefficient (Wildman–Crippen LogP) is 2.67. The van der Waals surface area contributed by atoms with E-state index in [9.17, 15) is 0 Å². The number of hydrogen-bond acceptors (Lipinski definition) is 2. The van der Waals surface area contributed by atoms with Crippen LogP contribution in [-0.2, 0) is 23.1 Å². The van der Waals surface area contributed by atoms with Crippen LogP contribution in [0.5, 0.6) is 5.75 Å². The van der Waals surface area contributed by atoms with Crippen molar-refractivity contribution in [3.63, 3.8) is 0 Å². The minimum absolute atomic E-state index is 0. The third-order valence-electron chi connectivity index (χ3n) is 5.34. The van der Waals surface area contributed by atoms with E-state index < -0.39 is 0 Å². The molecule has 0 aliphatic carbocycles. The average Bonchev–Trinajstić information content (AvgIpc) is 2.63. The lowest BCUT2D eigenvalue weighted by Gasteiger charge is -2.29. The van der Waals surface area contributed by atoms with E-state index in [1.165, 1.54) is 16.7 Å². The highest BCUT2D eigenvalue weighted by Crippen LogP contribution is 2.28. The molecule has 0 aliphatic heterocycles. The van der Waals surface area contributed by atoms with Gasteiger partial charge in [0.2, 0.25) is 6.29 Å². The molecule has 0 radical (unpaired) electrons. The van der Waals surface area contributed by atoms with Crippen molar-refractivity contribution in [2.24, 2.45) is 11.8 Å². The van der Waals surface area contributed by atoms with Crippen molar-refractivity contribution < 1.29 is 27.2 Å². The Labute approximate surface area is 196 Å². The van der Waals surface area contributed by atoms with Crippen LogP contribution >= 0.6 is 0 Å². The first-order valence-corrected chi connectivity index (χ1v) is 11.4. The Morgan fingerprint density at radius 2 is 1.42 bits per heavy atom. The molecule has 2 atom stereocenters. The van der Waals surface area contributed by atoms with Gasteiger partial charge in [0.25, 0.3) is 0 Å². The van der Waals surface area contributed by atoms with E-state index in [2.05, 4.69) is 102 Å². The Balaban J connectivity index is 0.00000480. The maximum atomic E-state index is 6.32. The molecule has 2 unspecified atom stereocenters. The molecule has 2 aromatic rings. The molecule has 4 heteroatoms. The number of rotatable bonds is 11. The lowest BCUT2D eigenvalue weighted by atomic mass is 9.92. The predicted molar refractivity (Wildman–Crippen MR) is 126 cm³/mol. The largest absolute Gasteiger partial charge is 1.00 e. The van der Waals surface area contributed by atoms with Crippen LogP contribution in [-0.4, -0.2) is 12.5 Å². The minimum atomic E-state index is -0.317. The lowest BCUT2D eigenvalue weighted by molar-refractivity contribution is -0.790. The zero-order chi connectivity index (χ0) is 22.3. The number of benzene rings is 2. The molecular formula is C27H42ClNO2. The first-order valence-electron chi connectivity index (χ1n) is 11.4. The van der Waals surface area contributed by atoms with Gasteiger partial charge in [-0.15, -0.1) is 0 Å². The van der Waals surface area contributed by atoms with Gasteiger partial charge in [-0.25, -0.2) is 0 Å². The van der Waals surface area contributed by atoms with E-state index in [-0.39, 0.29) is 30.5 Å². The van der Waals surface area contributed by atoms with Gasteiger partial charge in [0, 0.05) is 12.5 Å². The van der Waals surface area contributed by atoms with Crippen molar-refractivity contribution >= 4 is 0 Å². The van der Waals surface area contributed by atoms with Gasteiger partial charge in [0.15, 0.2) is 6.23 Å². The summed E-state index contributed by atoms with van der Waals surface area (Å²) in [6.45, 7) is 17.6. The highest BCUT2D eigenvalue weighted by molar-refractivity contribution is 5.41. The number of nitrogens with two attached hydrogens (primary N) is 1. The van der Waals surface area contributed by atoms with Crippen LogP contribution < -0.4 is 22.5 Å². The Morgan fingerprint density at radius 1 is 0.806 bits per heavy atom. The molecule has 0 bridgehead atoms. The number of hydrogen-bond donors (Lipinski definition) is 1. The van der Waals surface area contributed by atoms with Crippen LogP contribution in [0.25, 0.3) is 0 Å². The van der Waals surface area contributed by atoms with Gasteiger partial charge >= 0.3 is 0 Å². The van der Waals surface area contributed by atoms with Crippen molar-refractivity contribution in [2.45, 2.75) is 86.3 Å². The first-order chi connectivity index (χ1) is 14.1. The zero-order valence-corrected chi connectivity index (χ0v) is 21.4. The SMILES string of the molecule is CC(C)Cc1cccc(OC(C)OC(C)[NH2+]C(C)(C)c2ccccc2)c1CC(C)C.[Cl-]. The van der Waals surface area contributed by atoms with E-state index in [0.29, 0.717) is 11.8 Å². The smallest absolute Gasteiger partial charge is 0.202 e. The molecule has 174 valence electrons. The van der Waals surface area contributed by atoms with Gasteiger partial charge in [-0.3, -0.25) is 4.74 Å². The second-order valence-electron chi connectivity index (χ2n) is 9.87. The fourth-order valence-corrected chi connectivity index (χ4v) is 4.09. The van der Waals surface area contributed by atoms with Gasteiger partial charge in [-0.2, -0.15) is 0 Å². The second-order valence-corrected chi connectivity index (χ2v) is 9.87. The van der Waals surface area contributed by atoms with Gasteiger partial charge in [0.05, 0.1) is 0 Å². The van der Waals surface area contributed by atoms with Crippen LogP contribution in [0.2, 0.25) is 0 Å². The van der Waals surface area contributed by atoms with Crippen molar-refractivity contribution in [3.8, 4) is 5.75 Å². The lowest BCUT2D eigenvalue weighted by Crippen LogP contribution is -3.00. The van der Waals surface area contributed by atoms with Crippen LogP contribution in [0, 0.1) is 11.8 Å². The van der Waals surface area contributed by atoms with E-state index in [1.54, 1.807) is 0 Å². The van der Waals surface area contributed by atoms with Crippen LogP contribution in [0.15, 0.2) is 48.5 Å². The number of quaternary nitrogens is 1. The van der Waals surface area contributed by atoms with Crippen molar-refractivity contribution in [1.82, 2.24) is 0 Å². The molecule has 0 fully saturated rings. The highest BCUT2D eigenvalue weighted by atomic mass is 35.5. The molecule has 0 saturated carbocycles. The highest BCUT2D eigenvalue weighted by Gasteiger charge is 2.28. The topological polar surface area (TPSA) is 35.1 Å². The summed E-state index contributed by atoms with van der Waals surface area (Å²) in [6, 6.07) is 17.0. The Bertz CT molecular complexity index is 774. The molecular weight excluding hydrogens is 406 g/mol. The van der Waals surface area contributed by atoms with Gasteiger partial charge < -0.3 is 22.5 Å². The fraction of sp³-hybridized carbons (Fsp3) is 0.556. The zero-order valence-electron chi connectivity index (χ0n) is 20.6. The summed E-state index contributed by atoms with van der Waals surface area (Å²) in [5, 5.41) is 2.26. The van der Waals surface area contributed by atoms with Crippen LogP contribution in [0.4, 0.5) is 0 Å². The summed E-state index contributed by atoms with van der Waals surface area (Å²) in [6.07, 6.45) is 1.75. The van der Waals surface area contributed by atoms with Crippen molar-refractivity contribution in [1.29, 1.82) is 0 Å². The van der Waals surface area contributed by atoms with E-state index in [4.69, 9.17) is 9.47 Å². The van der Waals surface area contributed by atoms with Crippen molar-refractivity contribution in [3.05, 3.63) is 65.2 Å². The molecule has 2 rings (SSSR count). The molecule has 0 spiro atoms.